The fourth-order valence-corrected chi connectivity index (χ4v) is 4.43. The number of anilines is 2. The van der Waals surface area contributed by atoms with E-state index in [1.807, 2.05) is 6.92 Å². The summed E-state index contributed by atoms with van der Waals surface area (Å²) in [6.07, 6.45) is -3.15. The van der Waals surface area contributed by atoms with Crippen LogP contribution in [0.3, 0.4) is 0 Å². The average molecular weight is 553 g/mol. The smallest absolute Gasteiger partial charge is 0.433 e. The molecule has 11 heteroatoms. The molecule has 2 heterocycles. The van der Waals surface area contributed by atoms with Crippen LogP contribution in [0.2, 0.25) is 0 Å². The minimum atomic E-state index is -4.75. The Balaban J connectivity index is 1.87. The number of fused-ring (bicyclic) bond motifs is 1. The van der Waals surface area contributed by atoms with Crippen molar-refractivity contribution in [1.29, 1.82) is 0 Å². The zero-order valence-electron chi connectivity index (χ0n) is 22.4. The number of methoxy groups -OCH3 is 1. The zero-order chi connectivity index (χ0) is 29.4. The second-order valence-electron chi connectivity index (χ2n) is 9.30. The number of nitrogen functional groups attached to an aromatic ring is 1. The third-order valence-corrected chi connectivity index (χ3v) is 6.41. The monoisotopic (exact) mass is 552 g/mol. The quantitative estimate of drug-likeness (QED) is 0.169. The fourth-order valence-electron chi connectivity index (χ4n) is 4.43. The summed E-state index contributed by atoms with van der Waals surface area (Å²) in [6, 6.07) is 9.99. The van der Waals surface area contributed by atoms with Crippen molar-refractivity contribution in [3.63, 3.8) is 0 Å². The van der Waals surface area contributed by atoms with Crippen LogP contribution in [-0.4, -0.2) is 31.3 Å². The SMILES string of the molecule is CN=Cc1cc(-c2oc3c([C@@H](C)Nc4ccc(C(F)(F)F)nc4C(=O)OC)cc(C)cc3c(=O)c2C)ccc1N. The van der Waals surface area contributed by atoms with Crippen molar-refractivity contribution in [2.75, 3.05) is 25.2 Å². The zero-order valence-corrected chi connectivity index (χ0v) is 22.4. The minimum Gasteiger partial charge on any atom is -0.464 e. The Morgan fingerprint density at radius 3 is 2.55 bits per heavy atom. The molecule has 0 spiro atoms. The predicted octanol–water partition coefficient (Wildman–Crippen LogP) is 6.08. The number of carbonyl (C=O) groups excluding carboxylic acids is 1. The lowest BCUT2D eigenvalue weighted by atomic mass is 9.98. The summed E-state index contributed by atoms with van der Waals surface area (Å²) in [7, 11) is 2.67. The maximum Gasteiger partial charge on any atom is 0.433 e. The molecule has 2 aromatic carbocycles. The lowest BCUT2D eigenvalue weighted by Crippen LogP contribution is -2.18. The number of hydrogen-bond donors (Lipinski definition) is 2. The van der Waals surface area contributed by atoms with E-state index in [9.17, 15) is 22.8 Å². The molecule has 4 rings (SSSR count). The van der Waals surface area contributed by atoms with Crippen molar-refractivity contribution in [2.45, 2.75) is 33.0 Å². The van der Waals surface area contributed by atoms with E-state index in [0.29, 0.717) is 44.7 Å². The largest absolute Gasteiger partial charge is 0.464 e. The summed E-state index contributed by atoms with van der Waals surface area (Å²) in [5.74, 6) is -0.693. The Morgan fingerprint density at radius 1 is 1.18 bits per heavy atom. The third kappa shape index (κ3) is 5.40. The first-order valence-electron chi connectivity index (χ1n) is 12.2. The molecule has 8 nitrogen and oxygen atoms in total. The molecule has 0 saturated carbocycles. The highest BCUT2D eigenvalue weighted by Crippen LogP contribution is 2.34. The van der Waals surface area contributed by atoms with Gasteiger partial charge in [0.2, 0.25) is 0 Å². The van der Waals surface area contributed by atoms with Gasteiger partial charge in [0, 0.05) is 41.2 Å². The number of esters is 1. The number of ether oxygens (including phenoxy) is 1. The average Bonchev–Trinajstić information content (AvgIpc) is 2.91. The number of aryl methyl sites for hydroxylation is 1. The third-order valence-electron chi connectivity index (χ3n) is 6.41. The van der Waals surface area contributed by atoms with Gasteiger partial charge >= 0.3 is 12.1 Å². The van der Waals surface area contributed by atoms with Crippen LogP contribution in [0.1, 0.15) is 51.4 Å². The van der Waals surface area contributed by atoms with Crippen LogP contribution in [0.5, 0.6) is 0 Å². The Labute approximate surface area is 227 Å². The maximum atomic E-state index is 13.5. The van der Waals surface area contributed by atoms with Gasteiger partial charge in [-0.05, 0) is 62.7 Å². The number of aliphatic imine (C=N–C) groups is 1. The van der Waals surface area contributed by atoms with Crippen LogP contribution in [0.25, 0.3) is 22.3 Å². The molecule has 40 heavy (non-hydrogen) atoms. The van der Waals surface area contributed by atoms with Crippen LogP contribution in [0, 0.1) is 13.8 Å². The van der Waals surface area contributed by atoms with E-state index in [2.05, 4.69) is 20.0 Å². The highest BCUT2D eigenvalue weighted by molar-refractivity contribution is 5.94. The van der Waals surface area contributed by atoms with Crippen molar-refractivity contribution in [3.05, 3.63) is 86.3 Å². The molecule has 0 fully saturated rings. The van der Waals surface area contributed by atoms with Crippen LogP contribution < -0.4 is 16.5 Å². The Kier molecular flexibility index (Phi) is 7.68. The summed E-state index contributed by atoms with van der Waals surface area (Å²) in [5, 5.41) is 3.38. The second-order valence-corrected chi connectivity index (χ2v) is 9.30. The van der Waals surface area contributed by atoms with Gasteiger partial charge in [0.15, 0.2) is 11.1 Å². The molecule has 1 atom stereocenters. The maximum absolute atomic E-state index is 13.5. The predicted molar refractivity (Wildman–Crippen MR) is 148 cm³/mol. The summed E-state index contributed by atoms with van der Waals surface area (Å²) < 4.78 is 50.8. The molecule has 0 aliphatic carbocycles. The number of rotatable bonds is 6. The molecular formula is C29H27F3N4O4. The van der Waals surface area contributed by atoms with E-state index in [0.717, 1.165) is 24.8 Å². The number of aromatic nitrogens is 1. The van der Waals surface area contributed by atoms with Crippen LogP contribution in [-0.2, 0) is 10.9 Å². The van der Waals surface area contributed by atoms with Gasteiger partial charge in [-0.3, -0.25) is 9.79 Å². The second kappa shape index (κ2) is 10.8. The molecule has 208 valence electrons. The number of nitrogens with two attached hydrogens (primary N) is 1. The van der Waals surface area contributed by atoms with Crippen molar-refractivity contribution < 1.29 is 27.1 Å². The number of nitrogens with one attached hydrogen (secondary N) is 1. The first kappa shape index (κ1) is 28.3. The van der Waals surface area contributed by atoms with Gasteiger partial charge < -0.3 is 20.2 Å². The number of halogens is 3. The first-order valence-corrected chi connectivity index (χ1v) is 12.2. The number of hydrogen-bond acceptors (Lipinski definition) is 8. The van der Waals surface area contributed by atoms with E-state index in [1.54, 1.807) is 57.4 Å². The lowest BCUT2D eigenvalue weighted by Gasteiger charge is -2.20. The summed E-state index contributed by atoms with van der Waals surface area (Å²) in [4.78, 5) is 33.3. The first-order chi connectivity index (χ1) is 18.8. The number of alkyl halides is 3. The van der Waals surface area contributed by atoms with E-state index >= 15 is 0 Å². The number of benzene rings is 2. The fraction of sp³-hybridized carbons (Fsp3) is 0.241. The molecule has 0 unspecified atom stereocenters. The Bertz CT molecular complexity index is 1710. The molecule has 0 radical (unpaired) electrons. The van der Waals surface area contributed by atoms with Gasteiger partial charge in [0.25, 0.3) is 0 Å². The van der Waals surface area contributed by atoms with Crippen LogP contribution >= 0.6 is 0 Å². The molecular weight excluding hydrogens is 525 g/mol. The summed E-state index contributed by atoms with van der Waals surface area (Å²) in [5.41, 5.74) is 7.88. The van der Waals surface area contributed by atoms with Crippen molar-refractivity contribution in [1.82, 2.24) is 4.98 Å². The highest BCUT2D eigenvalue weighted by Gasteiger charge is 2.34. The molecule has 4 aromatic rings. The lowest BCUT2D eigenvalue weighted by molar-refractivity contribution is -0.141. The Morgan fingerprint density at radius 2 is 1.90 bits per heavy atom. The summed E-state index contributed by atoms with van der Waals surface area (Å²) in [6.45, 7) is 5.21. The van der Waals surface area contributed by atoms with E-state index in [1.165, 1.54) is 0 Å². The van der Waals surface area contributed by atoms with Crippen molar-refractivity contribution in [2.24, 2.45) is 4.99 Å². The highest BCUT2D eigenvalue weighted by atomic mass is 19.4. The van der Waals surface area contributed by atoms with Crippen molar-refractivity contribution in [3.8, 4) is 11.3 Å². The van der Waals surface area contributed by atoms with E-state index in [4.69, 9.17) is 10.2 Å². The van der Waals surface area contributed by atoms with E-state index in [-0.39, 0.29) is 11.1 Å². The van der Waals surface area contributed by atoms with Gasteiger partial charge in [0.1, 0.15) is 17.0 Å². The molecule has 3 N–H and O–H groups in total. The molecule has 0 aliphatic rings. The normalized spacial score (nSPS) is 12.6. The molecule has 0 bridgehead atoms. The number of carbonyl (C=O) groups is 1. The molecule has 0 saturated heterocycles. The topological polar surface area (TPSA) is 120 Å². The summed E-state index contributed by atoms with van der Waals surface area (Å²) >= 11 is 0. The number of pyridine rings is 1. The molecule has 0 aliphatic heterocycles. The van der Waals surface area contributed by atoms with Gasteiger partial charge in [-0.25, -0.2) is 9.78 Å². The van der Waals surface area contributed by atoms with Gasteiger partial charge in [0.05, 0.1) is 24.2 Å². The molecule has 2 aromatic heterocycles. The Hall–Kier alpha value is -4.67. The molecule has 0 amide bonds. The van der Waals surface area contributed by atoms with E-state index < -0.39 is 29.6 Å². The van der Waals surface area contributed by atoms with Gasteiger partial charge in [-0.15, -0.1) is 0 Å². The van der Waals surface area contributed by atoms with Gasteiger partial charge in [-0.2, -0.15) is 13.2 Å². The minimum absolute atomic E-state index is 0.0266. The number of nitrogens with zero attached hydrogens (tertiary/aromatic N) is 2. The van der Waals surface area contributed by atoms with Gasteiger partial charge in [-0.1, -0.05) is 6.07 Å². The van der Waals surface area contributed by atoms with Crippen LogP contribution in [0.15, 0.2) is 56.7 Å². The van der Waals surface area contributed by atoms with Crippen molar-refractivity contribution >= 4 is 34.5 Å². The standard InChI is InChI=1S/C29H27F3N4O4/c1-14-10-19(16(3)35-22-8-9-23(29(30,31)32)36-24(22)28(38)39-5)27-20(11-14)25(37)15(2)26(40-27)17-6-7-21(33)18(12-17)13-34-4/h6-13,16,35H,33H2,1-5H3/t16-/m1/s1. The van der Waals surface area contributed by atoms with Crippen LogP contribution in [0.4, 0.5) is 24.5 Å².